The molecule has 1 rings (SSSR count). The summed E-state index contributed by atoms with van der Waals surface area (Å²) < 4.78 is 0. The molecule has 0 saturated heterocycles. The van der Waals surface area contributed by atoms with Crippen LogP contribution in [0.25, 0.3) is 0 Å². The largest absolute Gasteiger partial charge is 0.355 e. The van der Waals surface area contributed by atoms with Gasteiger partial charge in [-0.3, -0.25) is 9.59 Å². The van der Waals surface area contributed by atoms with E-state index in [1.807, 2.05) is 6.92 Å². The van der Waals surface area contributed by atoms with Gasteiger partial charge in [0.25, 0.3) is 0 Å². The summed E-state index contributed by atoms with van der Waals surface area (Å²) in [6.45, 7) is 8.15. The van der Waals surface area contributed by atoms with E-state index in [-0.39, 0.29) is 23.5 Å². The van der Waals surface area contributed by atoms with E-state index in [9.17, 15) is 9.59 Å². The predicted octanol–water partition coefficient (Wildman–Crippen LogP) is 2.37. The average Bonchev–Trinajstić information content (AvgIpc) is 2.26. The number of carbonyl (C=O) groups excluding carboxylic acids is 2. The van der Waals surface area contributed by atoms with Crippen LogP contribution in [0.1, 0.15) is 38.3 Å². The highest BCUT2D eigenvalue weighted by atomic mass is 16.2. The van der Waals surface area contributed by atoms with E-state index >= 15 is 0 Å². The molecule has 1 amide bonds. The second-order valence-electron chi connectivity index (χ2n) is 5.41. The summed E-state index contributed by atoms with van der Waals surface area (Å²) in [5, 5.41) is 2.81. The third-order valence-corrected chi connectivity index (χ3v) is 2.97. The van der Waals surface area contributed by atoms with E-state index in [4.69, 9.17) is 0 Å². The number of Topliss-reactive ketones (excluding diaryl/α,β-unsaturated/α-hetero) is 1. The highest BCUT2D eigenvalue weighted by molar-refractivity contribution is 5.96. The number of hydrogen-bond acceptors (Lipinski definition) is 2. The molecule has 0 bridgehead atoms. The maximum absolute atomic E-state index is 11.5. The van der Waals surface area contributed by atoms with Crippen molar-refractivity contribution in [3.63, 3.8) is 0 Å². The minimum atomic E-state index is -0.206. The molecule has 3 heteroatoms. The van der Waals surface area contributed by atoms with Crippen LogP contribution in [0.5, 0.6) is 0 Å². The van der Waals surface area contributed by atoms with E-state index in [2.05, 4.69) is 43.4 Å². The van der Waals surface area contributed by atoms with Crippen LogP contribution in [0, 0.1) is 6.92 Å². The Labute approximate surface area is 109 Å². The third kappa shape index (κ3) is 4.32. The van der Waals surface area contributed by atoms with Crippen molar-refractivity contribution in [1.29, 1.82) is 0 Å². The Kier molecular flexibility index (Phi) is 4.65. The van der Waals surface area contributed by atoms with Crippen molar-refractivity contribution in [2.24, 2.45) is 0 Å². The average molecular weight is 247 g/mol. The summed E-state index contributed by atoms with van der Waals surface area (Å²) >= 11 is 0. The molecule has 18 heavy (non-hydrogen) atoms. The molecule has 0 heterocycles. The molecule has 0 fully saturated rings. The zero-order chi connectivity index (χ0) is 13.8. The van der Waals surface area contributed by atoms with Gasteiger partial charge in [-0.15, -0.1) is 0 Å². The van der Waals surface area contributed by atoms with Crippen LogP contribution >= 0.6 is 0 Å². The fourth-order valence-electron chi connectivity index (χ4n) is 1.71. The molecule has 0 aliphatic rings. The monoisotopic (exact) mass is 247 g/mol. The summed E-state index contributed by atoms with van der Waals surface area (Å²) in [4.78, 5) is 22.3. The van der Waals surface area contributed by atoms with E-state index in [0.717, 1.165) is 0 Å². The van der Waals surface area contributed by atoms with Crippen LogP contribution < -0.4 is 5.32 Å². The van der Waals surface area contributed by atoms with Crippen LogP contribution in [-0.4, -0.2) is 18.2 Å². The van der Waals surface area contributed by atoms with Gasteiger partial charge in [-0.1, -0.05) is 43.7 Å². The first-order valence-corrected chi connectivity index (χ1v) is 6.14. The number of ketones is 1. The maximum Gasteiger partial charge on any atom is 0.227 e. The van der Waals surface area contributed by atoms with Crippen molar-refractivity contribution in [3.8, 4) is 0 Å². The first-order chi connectivity index (χ1) is 8.31. The lowest BCUT2D eigenvalue weighted by Gasteiger charge is -2.25. The molecule has 0 saturated carbocycles. The Hall–Kier alpha value is -1.64. The van der Waals surface area contributed by atoms with Crippen LogP contribution in [-0.2, 0) is 15.0 Å². The number of benzene rings is 1. The van der Waals surface area contributed by atoms with E-state index in [0.29, 0.717) is 6.54 Å². The van der Waals surface area contributed by atoms with Crippen molar-refractivity contribution in [3.05, 3.63) is 35.4 Å². The van der Waals surface area contributed by atoms with E-state index < -0.39 is 0 Å². The number of amides is 1. The standard InChI is InChI=1S/C15H21NO2/c1-11-5-7-13(8-6-11)15(3,4)10-16-14(18)9-12(2)17/h5-8H,9-10H2,1-4H3,(H,16,18). The van der Waals surface area contributed by atoms with Crippen LogP contribution in [0.15, 0.2) is 24.3 Å². The molecule has 0 radical (unpaired) electrons. The molecule has 1 aromatic carbocycles. The van der Waals surface area contributed by atoms with Gasteiger partial charge in [0.15, 0.2) is 0 Å². The predicted molar refractivity (Wildman–Crippen MR) is 72.5 cm³/mol. The van der Waals surface area contributed by atoms with Crippen molar-refractivity contribution >= 4 is 11.7 Å². The Morgan fingerprint density at radius 3 is 2.22 bits per heavy atom. The summed E-state index contributed by atoms with van der Waals surface area (Å²) in [5.74, 6) is -0.316. The first kappa shape index (κ1) is 14.4. The van der Waals surface area contributed by atoms with Gasteiger partial charge in [0.05, 0.1) is 6.42 Å². The Balaban J connectivity index is 2.62. The lowest BCUT2D eigenvalue weighted by atomic mass is 9.84. The van der Waals surface area contributed by atoms with Crippen LogP contribution in [0.4, 0.5) is 0 Å². The number of rotatable bonds is 5. The van der Waals surface area contributed by atoms with Crippen molar-refractivity contribution in [2.75, 3.05) is 6.54 Å². The molecule has 0 aromatic heterocycles. The van der Waals surface area contributed by atoms with Crippen LogP contribution in [0.2, 0.25) is 0 Å². The molecule has 0 spiro atoms. The molecule has 1 N–H and O–H groups in total. The van der Waals surface area contributed by atoms with Gasteiger partial charge < -0.3 is 5.32 Å². The van der Waals surface area contributed by atoms with Gasteiger partial charge >= 0.3 is 0 Å². The topological polar surface area (TPSA) is 46.2 Å². The number of hydrogen-bond donors (Lipinski definition) is 1. The van der Waals surface area contributed by atoms with Gasteiger partial charge in [0.1, 0.15) is 5.78 Å². The zero-order valence-electron chi connectivity index (χ0n) is 11.5. The summed E-state index contributed by atoms with van der Waals surface area (Å²) in [7, 11) is 0. The summed E-state index contributed by atoms with van der Waals surface area (Å²) in [6, 6.07) is 8.28. The first-order valence-electron chi connectivity index (χ1n) is 6.14. The summed E-state index contributed by atoms with van der Waals surface area (Å²) in [6.07, 6.45) is -0.0377. The van der Waals surface area contributed by atoms with Crippen molar-refractivity contribution in [1.82, 2.24) is 5.32 Å². The van der Waals surface area contributed by atoms with Crippen LogP contribution in [0.3, 0.4) is 0 Å². The third-order valence-electron chi connectivity index (χ3n) is 2.97. The number of carbonyl (C=O) groups is 2. The lowest BCUT2D eigenvalue weighted by Crippen LogP contribution is -2.37. The van der Waals surface area contributed by atoms with Crippen molar-refractivity contribution < 1.29 is 9.59 Å². The molecular weight excluding hydrogens is 226 g/mol. The van der Waals surface area contributed by atoms with Gasteiger partial charge in [0, 0.05) is 12.0 Å². The Bertz CT molecular complexity index is 432. The number of aryl methyl sites for hydroxylation is 1. The highest BCUT2D eigenvalue weighted by Gasteiger charge is 2.21. The summed E-state index contributed by atoms with van der Waals surface area (Å²) in [5.41, 5.74) is 2.26. The molecule has 0 aliphatic carbocycles. The molecule has 98 valence electrons. The lowest BCUT2D eigenvalue weighted by molar-refractivity contribution is -0.127. The fraction of sp³-hybridized carbons (Fsp3) is 0.467. The van der Waals surface area contributed by atoms with E-state index in [1.54, 1.807) is 0 Å². The highest BCUT2D eigenvalue weighted by Crippen LogP contribution is 2.22. The molecule has 0 aliphatic heterocycles. The van der Waals surface area contributed by atoms with Gasteiger partial charge in [-0.25, -0.2) is 0 Å². The van der Waals surface area contributed by atoms with Gasteiger partial charge in [-0.2, -0.15) is 0 Å². The maximum atomic E-state index is 11.5. The zero-order valence-corrected chi connectivity index (χ0v) is 11.5. The second kappa shape index (κ2) is 5.80. The van der Waals surface area contributed by atoms with Gasteiger partial charge in [0.2, 0.25) is 5.91 Å². The van der Waals surface area contributed by atoms with E-state index in [1.165, 1.54) is 18.1 Å². The molecule has 0 atom stereocenters. The molecular formula is C15H21NO2. The molecule has 3 nitrogen and oxygen atoms in total. The molecule has 0 unspecified atom stereocenters. The van der Waals surface area contributed by atoms with Crippen molar-refractivity contribution in [2.45, 2.75) is 39.5 Å². The quantitative estimate of drug-likeness (QED) is 0.812. The SMILES string of the molecule is CC(=O)CC(=O)NCC(C)(C)c1ccc(C)cc1. The minimum Gasteiger partial charge on any atom is -0.355 e. The fourth-order valence-corrected chi connectivity index (χ4v) is 1.71. The normalized spacial score (nSPS) is 11.1. The smallest absolute Gasteiger partial charge is 0.227 e. The van der Waals surface area contributed by atoms with Gasteiger partial charge in [-0.05, 0) is 19.4 Å². The number of nitrogens with one attached hydrogen (secondary N) is 1. The molecule has 1 aromatic rings. The minimum absolute atomic E-state index is 0.0377. The second-order valence-corrected chi connectivity index (χ2v) is 5.41. The Morgan fingerprint density at radius 2 is 1.72 bits per heavy atom. The Morgan fingerprint density at radius 1 is 1.17 bits per heavy atom.